The maximum atomic E-state index is 6.04. The smallest absolute Gasteiger partial charge is 0.0674 e. The first-order valence-corrected chi connectivity index (χ1v) is 7.28. The third-order valence-corrected chi connectivity index (χ3v) is 4.63. The molecule has 1 aliphatic heterocycles. The average molecular weight is 240 g/mol. The molecule has 1 heterocycles. The number of morpholine rings is 1. The van der Waals surface area contributed by atoms with Crippen LogP contribution in [0, 0.1) is 5.41 Å². The maximum Gasteiger partial charge on any atom is 0.0674 e. The van der Waals surface area contributed by atoms with Crippen molar-refractivity contribution in [3.63, 3.8) is 0 Å². The Kier molecular flexibility index (Phi) is 4.83. The lowest BCUT2D eigenvalue weighted by Crippen LogP contribution is -2.44. The lowest BCUT2D eigenvalue weighted by atomic mass is 9.72. The molecule has 3 nitrogen and oxygen atoms in total. The van der Waals surface area contributed by atoms with Crippen LogP contribution in [0.5, 0.6) is 0 Å². The monoisotopic (exact) mass is 240 g/mol. The third kappa shape index (κ3) is 3.67. The molecule has 100 valence electrons. The Balaban J connectivity index is 1.78. The van der Waals surface area contributed by atoms with Crippen molar-refractivity contribution in [3.05, 3.63) is 0 Å². The fraction of sp³-hybridized carbons (Fsp3) is 1.00. The summed E-state index contributed by atoms with van der Waals surface area (Å²) < 4.78 is 5.58. The van der Waals surface area contributed by atoms with Crippen molar-refractivity contribution in [2.24, 2.45) is 11.1 Å². The van der Waals surface area contributed by atoms with Crippen LogP contribution in [0.15, 0.2) is 0 Å². The molecule has 3 heteroatoms. The summed E-state index contributed by atoms with van der Waals surface area (Å²) >= 11 is 0. The lowest BCUT2D eigenvalue weighted by molar-refractivity contribution is -0.0232. The Labute approximate surface area is 106 Å². The van der Waals surface area contributed by atoms with Crippen molar-refractivity contribution in [2.75, 3.05) is 32.8 Å². The standard InChI is InChI=1S/C14H28N2O/c1-13-11-16(9-10-17-13)8-7-14(12-15)5-3-2-4-6-14/h13H,2-12,15H2,1H3. The molecule has 2 rings (SSSR count). The van der Waals surface area contributed by atoms with Gasteiger partial charge in [-0.25, -0.2) is 0 Å². The highest BCUT2D eigenvalue weighted by atomic mass is 16.5. The Bertz CT molecular complexity index is 226. The molecule has 1 saturated carbocycles. The Hall–Kier alpha value is -0.120. The molecular weight excluding hydrogens is 212 g/mol. The zero-order chi connectivity index (χ0) is 12.1. The summed E-state index contributed by atoms with van der Waals surface area (Å²) in [7, 11) is 0. The number of ether oxygens (including phenoxy) is 1. The minimum atomic E-state index is 0.406. The van der Waals surface area contributed by atoms with Crippen molar-refractivity contribution in [2.45, 2.75) is 51.6 Å². The maximum absolute atomic E-state index is 6.04. The molecule has 0 amide bonds. The molecule has 1 aliphatic carbocycles. The quantitative estimate of drug-likeness (QED) is 0.817. The summed E-state index contributed by atoms with van der Waals surface area (Å²) in [6, 6.07) is 0. The Morgan fingerprint density at radius 2 is 2.06 bits per heavy atom. The number of nitrogens with two attached hydrogens (primary N) is 1. The number of nitrogens with zero attached hydrogens (tertiary/aromatic N) is 1. The average Bonchev–Trinajstić information content (AvgIpc) is 2.38. The highest BCUT2D eigenvalue weighted by molar-refractivity contribution is 4.85. The molecule has 2 fully saturated rings. The van der Waals surface area contributed by atoms with Gasteiger partial charge in [-0.15, -0.1) is 0 Å². The molecule has 1 saturated heterocycles. The molecule has 0 bridgehead atoms. The number of hydrogen-bond acceptors (Lipinski definition) is 3. The van der Waals surface area contributed by atoms with Gasteiger partial charge in [-0.3, -0.25) is 4.90 Å². The molecule has 0 aromatic heterocycles. The van der Waals surface area contributed by atoms with E-state index in [1.807, 2.05) is 0 Å². The Morgan fingerprint density at radius 1 is 1.29 bits per heavy atom. The third-order valence-electron chi connectivity index (χ3n) is 4.63. The molecule has 2 N–H and O–H groups in total. The van der Waals surface area contributed by atoms with E-state index in [1.54, 1.807) is 0 Å². The van der Waals surface area contributed by atoms with E-state index in [9.17, 15) is 0 Å². The van der Waals surface area contributed by atoms with Gasteiger partial charge < -0.3 is 10.5 Å². The van der Waals surface area contributed by atoms with Crippen LogP contribution in [0.3, 0.4) is 0 Å². The lowest BCUT2D eigenvalue weighted by Gasteiger charge is -2.39. The van der Waals surface area contributed by atoms with E-state index < -0.39 is 0 Å². The minimum Gasteiger partial charge on any atom is -0.376 e. The molecule has 0 spiro atoms. The molecule has 0 aromatic carbocycles. The van der Waals surface area contributed by atoms with E-state index in [-0.39, 0.29) is 0 Å². The number of hydrogen-bond donors (Lipinski definition) is 1. The molecule has 0 radical (unpaired) electrons. The van der Waals surface area contributed by atoms with Crippen LogP contribution in [0.4, 0.5) is 0 Å². The van der Waals surface area contributed by atoms with Crippen LogP contribution in [-0.2, 0) is 4.74 Å². The van der Waals surface area contributed by atoms with Gasteiger partial charge in [0.25, 0.3) is 0 Å². The molecule has 0 aromatic rings. The van der Waals surface area contributed by atoms with E-state index in [0.717, 1.165) is 26.2 Å². The van der Waals surface area contributed by atoms with Crippen molar-refractivity contribution >= 4 is 0 Å². The predicted octanol–water partition coefficient (Wildman–Crippen LogP) is 2.01. The number of rotatable bonds is 4. The SMILES string of the molecule is CC1CN(CCC2(CN)CCCCC2)CCO1. The molecular formula is C14H28N2O. The van der Waals surface area contributed by atoms with Crippen molar-refractivity contribution in [1.82, 2.24) is 4.90 Å². The second kappa shape index (κ2) is 6.17. The van der Waals surface area contributed by atoms with Crippen LogP contribution >= 0.6 is 0 Å². The normalized spacial score (nSPS) is 30.4. The van der Waals surface area contributed by atoms with Crippen molar-refractivity contribution in [1.29, 1.82) is 0 Å². The van der Waals surface area contributed by atoms with Gasteiger partial charge >= 0.3 is 0 Å². The summed E-state index contributed by atoms with van der Waals surface area (Å²) in [4.78, 5) is 2.56. The van der Waals surface area contributed by atoms with Gasteiger partial charge in [0, 0.05) is 13.1 Å². The first kappa shape index (κ1) is 13.3. The zero-order valence-electron chi connectivity index (χ0n) is 11.3. The van der Waals surface area contributed by atoms with Gasteiger partial charge in [0.1, 0.15) is 0 Å². The second-order valence-corrected chi connectivity index (χ2v) is 6.00. The van der Waals surface area contributed by atoms with Crippen LogP contribution in [-0.4, -0.2) is 43.8 Å². The highest BCUT2D eigenvalue weighted by Crippen LogP contribution is 2.38. The minimum absolute atomic E-state index is 0.406. The van der Waals surface area contributed by atoms with Crippen LogP contribution < -0.4 is 5.73 Å². The van der Waals surface area contributed by atoms with E-state index >= 15 is 0 Å². The summed E-state index contributed by atoms with van der Waals surface area (Å²) in [6.45, 7) is 7.37. The van der Waals surface area contributed by atoms with Gasteiger partial charge in [0.05, 0.1) is 12.7 Å². The molecule has 2 aliphatic rings. The zero-order valence-corrected chi connectivity index (χ0v) is 11.3. The summed E-state index contributed by atoms with van der Waals surface area (Å²) in [5.74, 6) is 0. The van der Waals surface area contributed by atoms with Crippen LogP contribution in [0.2, 0.25) is 0 Å². The van der Waals surface area contributed by atoms with Gasteiger partial charge in [-0.05, 0) is 44.7 Å². The van der Waals surface area contributed by atoms with Crippen LogP contribution in [0.1, 0.15) is 45.4 Å². The van der Waals surface area contributed by atoms with Crippen molar-refractivity contribution < 1.29 is 4.74 Å². The summed E-state index contributed by atoms with van der Waals surface area (Å²) in [5, 5.41) is 0. The van der Waals surface area contributed by atoms with E-state index in [4.69, 9.17) is 10.5 Å². The first-order chi connectivity index (χ1) is 8.24. The molecule has 1 atom stereocenters. The fourth-order valence-corrected chi connectivity index (χ4v) is 3.35. The fourth-order valence-electron chi connectivity index (χ4n) is 3.35. The van der Waals surface area contributed by atoms with Crippen LogP contribution in [0.25, 0.3) is 0 Å². The van der Waals surface area contributed by atoms with Gasteiger partial charge in [-0.2, -0.15) is 0 Å². The van der Waals surface area contributed by atoms with E-state index in [1.165, 1.54) is 45.1 Å². The van der Waals surface area contributed by atoms with Gasteiger partial charge in [0.2, 0.25) is 0 Å². The topological polar surface area (TPSA) is 38.5 Å². The first-order valence-electron chi connectivity index (χ1n) is 7.28. The van der Waals surface area contributed by atoms with Crippen molar-refractivity contribution in [3.8, 4) is 0 Å². The summed E-state index contributed by atoms with van der Waals surface area (Å²) in [5.41, 5.74) is 6.50. The van der Waals surface area contributed by atoms with E-state index in [2.05, 4.69) is 11.8 Å². The van der Waals surface area contributed by atoms with Gasteiger partial charge in [0.15, 0.2) is 0 Å². The molecule has 17 heavy (non-hydrogen) atoms. The predicted molar refractivity (Wildman–Crippen MR) is 71.0 cm³/mol. The second-order valence-electron chi connectivity index (χ2n) is 6.00. The van der Waals surface area contributed by atoms with Gasteiger partial charge in [-0.1, -0.05) is 19.3 Å². The summed E-state index contributed by atoms with van der Waals surface area (Å²) in [6.07, 6.45) is 8.58. The molecule has 1 unspecified atom stereocenters. The largest absolute Gasteiger partial charge is 0.376 e. The highest BCUT2D eigenvalue weighted by Gasteiger charge is 2.31. The Morgan fingerprint density at radius 3 is 2.71 bits per heavy atom. The van der Waals surface area contributed by atoms with E-state index in [0.29, 0.717) is 11.5 Å².